The normalized spacial score (nSPS) is 11.9. The van der Waals surface area contributed by atoms with Crippen LogP contribution in [0.25, 0.3) is 0 Å². The zero-order valence-corrected chi connectivity index (χ0v) is 25.7. The fourth-order valence-electron chi connectivity index (χ4n) is 4.30. The van der Waals surface area contributed by atoms with Crippen LogP contribution in [-0.2, 0) is 32.6 Å². The Labute approximate surface area is 245 Å². The molecule has 0 fully saturated rings. The van der Waals surface area contributed by atoms with Gasteiger partial charge in [-0.05, 0) is 54.3 Å². The number of hydrogen-bond donors (Lipinski definition) is 1. The fourth-order valence-corrected chi connectivity index (χ4v) is 5.41. The maximum atomic E-state index is 14.1. The van der Waals surface area contributed by atoms with Crippen LogP contribution in [0.1, 0.15) is 30.0 Å². The lowest BCUT2D eigenvalue weighted by Crippen LogP contribution is -2.53. The maximum absolute atomic E-state index is 14.1. The van der Waals surface area contributed by atoms with Gasteiger partial charge in [0.2, 0.25) is 21.8 Å². The van der Waals surface area contributed by atoms with Gasteiger partial charge in [0.1, 0.15) is 18.3 Å². The summed E-state index contributed by atoms with van der Waals surface area (Å²) in [5.41, 5.74) is 2.76. The molecule has 10 heteroatoms. The molecule has 0 aliphatic heterocycles. The molecule has 0 saturated heterocycles. The molecule has 3 aromatic rings. The van der Waals surface area contributed by atoms with Gasteiger partial charge in [-0.25, -0.2) is 8.42 Å². The molecule has 3 rings (SSSR count). The van der Waals surface area contributed by atoms with Gasteiger partial charge in [0, 0.05) is 24.0 Å². The van der Waals surface area contributed by atoms with E-state index in [9.17, 15) is 18.0 Å². The number of nitrogens with one attached hydrogen (secondary N) is 1. The molecule has 3 aromatic carbocycles. The van der Waals surface area contributed by atoms with Gasteiger partial charge in [-0.1, -0.05) is 71.4 Å². The molecule has 0 radical (unpaired) electrons. The van der Waals surface area contributed by atoms with Crippen molar-refractivity contribution in [2.24, 2.45) is 0 Å². The van der Waals surface area contributed by atoms with Crippen LogP contribution in [0.3, 0.4) is 0 Å². The standard InChI is InChI=1S/C30H36BrN3O5S/c1-5-17-32-30(36)27(19-23-9-7-6-8-10-23)33(20-24-12-14-25(31)15-13-24)29(35)21-34(40(4,37)38)26-18-22(2)11-16-28(26)39-3/h6-16,18,27H,5,17,19-21H2,1-4H3,(H,32,36)/t27-/m0/s1. The zero-order valence-electron chi connectivity index (χ0n) is 23.3. The molecule has 0 bridgehead atoms. The Morgan fingerprint density at radius 2 is 1.68 bits per heavy atom. The molecule has 40 heavy (non-hydrogen) atoms. The van der Waals surface area contributed by atoms with E-state index in [4.69, 9.17) is 4.74 Å². The van der Waals surface area contributed by atoms with Crippen molar-refractivity contribution < 1.29 is 22.7 Å². The van der Waals surface area contributed by atoms with Crippen LogP contribution in [0, 0.1) is 6.92 Å². The first-order chi connectivity index (χ1) is 19.0. The highest BCUT2D eigenvalue weighted by Crippen LogP contribution is 2.31. The molecule has 0 spiro atoms. The first-order valence-corrected chi connectivity index (χ1v) is 15.7. The number of halogens is 1. The molecule has 8 nitrogen and oxygen atoms in total. The van der Waals surface area contributed by atoms with E-state index < -0.39 is 28.5 Å². The maximum Gasteiger partial charge on any atom is 0.244 e. The van der Waals surface area contributed by atoms with Gasteiger partial charge < -0.3 is 15.0 Å². The van der Waals surface area contributed by atoms with Crippen LogP contribution >= 0.6 is 15.9 Å². The Bertz CT molecular complexity index is 1400. The van der Waals surface area contributed by atoms with Crippen LogP contribution in [0.15, 0.2) is 77.3 Å². The van der Waals surface area contributed by atoms with Crippen molar-refractivity contribution in [3.8, 4) is 5.75 Å². The van der Waals surface area contributed by atoms with Crippen LogP contribution in [0.4, 0.5) is 5.69 Å². The van der Waals surface area contributed by atoms with Gasteiger partial charge in [-0.2, -0.15) is 0 Å². The second-order valence-corrected chi connectivity index (χ2v) is 12.4. The number of ether oxygens (including phenoxy) is 1. The predicted molar refractivity (Wildman–Crippen MR) is 162 cm³/mol. The third-order valence-corrected chi connectivity index (χ3v) is 8.02. The van der Waals surface area contributed by atoms with E-state index in [0.717, 1.165) is 38.1 Å². The summed E-state index contributed by atoms with van der Waals surface area (Å²) in [6.07, 6.45) is 2.06. The lowest BCUT2D eigenvalue weighted by molar-refractivity contribution is -0.140. The highest BCUT2D eigenvalue weighted by atomic mass is 79.9. The monoisotopic (exact) mass is 629 g/mol. The van der Waals surface area contributed by atoms with Gasteiger partial charge in [-0.3, -0.25) is 13.9 Å². The SMILES string of the molecule is CCCNC(=O)[C@H](Cc1ccccc1)N(Cc1ccc(Br)cc1)C(=O)CN(c1cc(C)ccc1OC)S(C)(=O)=O. The fraction of sp³-hybridized carbons (Fsp3) is 0.333. The number of nitrogens with zero attached hydrogens (tertiary/aromatic N) is 2. The van der Waals surface area contributed by atoms with E-state index in [-0.39, 0.29) is 24.6 Å². The first-order valence-electron chi connectivity index (χ1n) is 13.0. The molecular weight excluding hydrogens is 594 g/mol. The number of rotatable bonds is 13. The van der Waals surface area contributed by atoms with E-state index in [2.05, 4.69) is 21.2 Å². The minimum atomic E-state index is -3.89. The van der Waals surface area contributed by atoms with Crippen LogP contribution in [-0.4, -0.2) is 57.6 Å². The molecule has 214 valence electrons. The summed E-state index contributed by atoms with van der Waals surface area (Å²) in [7, 11) is -2.45. The Morgan fingerprint density at radius 3 is 2.27 bits per heavy atom. The molecule has 2 amide bonds. The smallest absolute Gasteiger partial charge is 0.244 e. The van der Waals surface area contributed by atoms with E-state index in [1.165, 1.54) is 12.0 Å². The highest BCUT2D eigenvalue weighted by molar-refractivity contribution is 9.10. The third-order valence-electron chi connectivity index (χ3n) is 6.37. The summed E-state index contributed by atoms with van der Waals surface area (Å²) in [6, 6.07) is 21.2. The van der Waals surface area contributed by atoms with Gasteiger partial charge in [-0.15, -0.1) is 0 Å². The van der Waals surface area contributed by atoms with Gasteiger partial charge in [0.15, 0.2) is 0 Å². The van der Waals surface area contributed by atoms with Crippen molar-refractivity contribution in [1.82, 2.24) is 10.2 Å². The van der Waals surface area contributed by atoms with E-state index >= 15 is 0 Å². The van der Waals surface area contributed by atoms with Crippen LogP contribution in [0.2, 0.25) is 0 Å². The topological polar surface area (TPSA) is 96.0 Å². The Kier molecular flexibility index (Phi) is 11.2. The summed E-state index contributed by atoms with van der Waals surface area (Å²) in [4.78, 5) is 29.1. The number of methoxy groups -OCH3 is 1. The summed E-state index contributed by atoms with van der Waals surface area (Å²) in [5.74, 6) is -0.482. The number of carbonyl (C=O) groups is 2. The van der Waals surface area contributed by atoms with Crippen molar-refractivity contribution in [3.05, 3.63) is 94.0 Å². The Hall–Kier alpha value is -3.37. The quantitative estimate of drug-likeness (QED) is 0.296. The molecule has 0 heterocycles. The second-order valence-electron chi connectivity index (χ2n) is 9.59. The number of amides is 2. The number of anilines is 1. The van der Waals surface area contributed by atoms with Crippen molar-refractivity contribution in [1.29, 1.82) is 0 Å². The number of aryl methyl sites for hydroxylation is 1. The molecule has 1 N–H and O–H groups in total. The van der Waals surface area contributed by atoms with Crippen LogP contribution < -0.4 is 14.4 Å². The number of carbonyl (C=O) groups excluding carboxylic acids is 2. The number of sulfonamides is 1. The summed E-state index contributed by atoms with van der Waals surface area (Å²) in [6.45, 7) is 3.86. The largest absolute Gasteiger partial charge is 0.495 e. The lowest BCUT2D eigenvalue weighted by atomic mass is 10.0. The van der Waals surface area contributed by atoms with Crippen molar-refractivity contribution in [2.75, 3.05) is 30.8 Å². The Balaban J connectivity index is 2.08. The predicted octanol–water partition coefficient (Wildman–Crippen LogP) is 4.70. The minimum Gasteiger partial charge on any atom is -0.495 e. The van der Waals surface area contributed by atoms with E-state index in [1.807, 2.05) is 68.4 Å². The average Bonchev–Trinajstić information content (AvgIpc) is 2.93. The van der Waals surface area contributed by atoms with Crippen molar-refractivity contribution in [2.45, 2.75) is 39.3 Å². The van der Waals surface area contributed by atoms with Crippen molar-refractivity contribution >= 4 is 43.5 Å². The molecule has 0 aliphatic carbocycles. The number of benzene rings is 3. The molecule has 1 atom stereocenters. The minimum absolute atomic E-state index is 0.117. The second kappa shape index (κ2) is 14.3. The molecule has 0 aromatic heterocycles. The van der Waals surface area contributed by atoms with E-state index in [0.29, 0.717) is 12.3 Å². The molecule has 0 aliphatic rings. The summed E-state index contributed by atoms with van der Waals surface area (Å²) in [5, 5.41) is 2.93. The molecular formula is C30H36BrN3O5S. The summed E-state index contributed by atoms with van der Waals surface area (Å²) >= 11 is 3.44. The number of hydrogen-bond acceptors (Lipinski definition) is 5. The highest BCUT2D eigenvalue weighted by Gasteiger charge is 2.33. The lowest BCUT2D eigenvalue weighted by Gasteiger charge is -2.33. The van der Waals surface area contributed by atoms with Crippen LogP contribution in [0.5, 0.6) is 5.75 Å². The van der Waals surface area contributed by atoms with Gasteiger partial charge in [0.05, 0.1) is 19.1 Å². The van der Waals surface area contributed by atoms with Crippen molar-refractivity contribution in [3.63, 3.8) is 0 Å². The summed E-state index contributed by atoms with van der Waals surface area (Å²) < 4.78 is 33.4. The Morgan fingerprint density at radius 1 is 1.00 bits per heavy atom. The zero-order chi connectivity index (χ0) is 29.3. The van der Waals surface area contributed by atoms with Gasteiger partial charge >= 0.3 is 0 Å². The first kappa shape index (κ1) is 31.2. The van der Waals surface area contributed by atoms with Gasteiger partial charge in [0.25, 0.3) is 0 Å². The molecule has 0 saturated carbocycles. The average molecular weight is 631 g/mol. The third kappa shape index (κ3) is 8.56. The van der Waals surface area contributed by atoms with E-state index in [1.54, 1.807) is 18.2 Å². The molecule has 0 unspecified atom stereocenters.